The molecular formula is C8H8FNO2. The summed E-state index contributed by atoms with van der Waals surface area (Å²) in [7, 11) is 0. The molecule has 3 nitrogen and oxygen atoms in total. The molecule has 4 heteroatoms. The van der Waals surface area contributed by atoms with Crippen molar-refractivity contribution >= 4 is 0 Å². The maximum Gasteiger partial charge on any atom is 0.137 e. The Morgan fingerprint density at radius 1 is 1.50 bits per heavy atom. The van der Waals surface area contributed by atoms with E-state index in [9.17, 15) is 14.6 Å². The molecule has 0 saturated carbocycles. The number of hydrogen-bond donors (Lipinski definition) is 2. The van der Waals surface area contributed by atoms with Gasteiger partial charge in [0.2, 0.25) is 0 Å². The van der Waals surface area contributed by atoms with Gasteiger partial charge in [0.25, 0.3) is 0 Å². The number of pyridine rings is 1. The Morgan fingerprint density at radius 3 is 2.92 bits per heavy atom. The van der Waals surface area contributed by atoms with Crippen LogP contribution in [0.25, 0.3) is 0 Å². The molecule has 1 heterocycles. The highest BCUT2D eigenvalue weighted by atomic mass is 19.1. The van der Waals surface area contributed by atoms with E-state index in [2.05, 4.69) is 4.98 Å². The second-order valence-electron chi connectivity index (χ2n) is 2.89. The van der Waals surface area contributed by atoms with Gasteiger partial charge in [0.05, 0.1) is 6.20 Å². The third-order valence-corrected chi connectivity index (χ3v) is 2.13. The van der Waals surface area contributed by atoms with Crippen LogP contribution in [0.5, 0.6) is 5.75 Å². The first-order valence-electron chi connectivity index (χ1n) is 3.68. The maximum atomic E-state index is 12.9. The molecule has 0 unspecified atom stereocenters. The smallest absolute Gasteiger partial charge is 0.137 e. The Kier molecular flexibility index (Phi) is 1.51. The number of fused-ring (bicyclic) bond motifs is 1. The Hall–Kier alpha value is -1.16. The number of aliphatic hydroxyl groups excluding tert-OH is 1. The number of alkyl halides is 1. The van der Waals surface area contributed by atoms with Gasteiger partial charge >= 0.3 is 0 Å². The molecule has 64 valence electrons. The molecule has 2 rings (SSSR count). The first kappa shape index (κ1) is 7.49. The number of aromatic nitrogens is 1. The number of aliphatic hydroxyl groups is 1. The topological polar surface area (TPSA) is 53.4 Å². The van der Waals surface area contributed by atoms with Gasteiger partial charge in [-0.05, 0) is 0 Å². The lowest BCUT2D eigenvalue weighted by Crippen LogP contribution is -2.06. The summed E-state index contributed by atoms with van der Waals surface area (Å²) in [5, 5.41) is 18.5. The molecule has 0 spiro atoms. The number of nitrogens with zero attached hydrogens (tertiary/aromatic N) is 1. The van der Waals surface area contributed by atoms with Gasteiger partial charge in [-0.3, -0.25) is 4.98 Å². The summed E-state index contributed by atoms with van der Waals surface area (Å²) >= 11 is 0. The summed E-state index contributed by atoms with van der Waals surface area (Å²) in [6.45, 7) is 0. The fourth-order valence-corrected chi connectivity index (χ4v) is 1.47. The molecule has 0 radical (unpaired) electrons. The van der Waals surface area contributed by atoms with E-state index >= 15 is 0 Å². The first-order valence-corrected chi connectivity index (χ1v) is 3.68. The van der Waals surface area contributed by atoms with Crippen LogP contribution < -0.4 is 0 Å². The molecule has 0 amide bonds. The lowest BCUT2D eigenvalue weighted by Gasteiger charge is -2.04. The minimum Gasteiger partial charge on any atom is -0.506 e. The predicted molar refractivity (Wildman–Crippen MR) is 39.5 cm³/mol. The van der Waals surface area contributed by atoms with Crippen LogP contribution in [0.1, 0.15) is 17.2 Å². The van der Waals surface area contributed by atoms with Crippen LogP contribution in [0.3, 0.4) is 0 Å². The van der Waals surface area contributed by atoms with Crippen molar-refractivity contribution in [3.8, 4) is 5.75 Å². The minimum absolute atomic E-state index is 0.0355. The number of rotatable bonds is 0. The second-order valence-corrected chi connectivity index (χ2v) is 2.89. The third kappa shape index (κ3) is 0.881. The summed E-state index contributed by atoms with van der Waals surface area (Å²) in [6, 6.07) is 0. The van der Waals surface area contributed by atoms with Gasteiger partial charge in [0, 0.05) is 23.7 Å². The van der Waals surface area contributed by atoms with E-state index in [0.717, 1.165) is 0 Å². The van der Waals surface area contributed by atoms with E-state index < -0.39 is 12.3 Å². The van der Waals surface area contributed by atoms with Crippen LogP contribution in [-0.2, 0) is 6.42 Å². The van der Waals surface area contributed by atoms with Crippen molar-refractivity contribution in [1.82, 2.24) is 4.98 Å². The van der Waals surface area contributed by atoms with Crippen LogP contribution in [0.2, 0.25) is 0 Å². The largest absolute Gasteiger partial charge is 0.506 e. The number of halogens is 1. The number of aromatic hydroxyl groups is 1. The molecule has 12 heavy (non-hydrogen) atoms. The summed E-state index contributed by atoms with van der Waals surface area (Å²) in [4.78, 5) is 3.66. The molecule has 1 aromatic rings. The van der Waals surface area contributed by atoms with Gasteiger partial charge in [-0.2, -0.15) is 0 Å². The van der Waals surface area contributed by atoms with E-state index in [1.807, 2.05) is 0 Å². The van der Waals surface area contributed by atoms with Crippen molar-refractivity contribution in [2.45, 2.75) is 18.7 Å². The summed E-state index contributed by atoms with van der Waals surface area (Å²) in [6.07, 6.45) is 0.281. The van der Waals surface area contributed by atoms with Gasteiger partial charge in [-0.25, -0.2) is 4.39 Å². The fraction of sp³-hybridized carbons (Fsp3) is 0.375. The van der Waals surface area contributed by atoms with Crippen LogP contribution in [0.4, 0.5) is 4.39 Å². The summed E-state index contributed by atoms with van der Waals surface area (Å²) in [5.41, 5.74) is 0.882. The third-order valence-electron chi connectivity index (χ3n) is 2.13. The molecule has 2 N–H and O–H groups in total. The molecule has 1 aliphatic rings. The van der Waals surface area contributed by atoms with E-state index in [0.29, 0.717) is 11.1 Å². The quantitative estimate of drug-likeness (QED) is 0.601. The zero-order valence-electron chi connectivity index (χ0n) is 6.24. The molecule has 2 atom stereocenters. The minimum atomic E-state index is -1.31. The van der Waals surface area contributed by atoms with Gasteiger partial charge in [0.1, 0.15) is 18.0 Å². The molecule has 0 aromatic carbocycles. The van der Waals surface area contributed by atoms with E-state index in [1.54, 1.807) is 0 Å². The average Bonchev–Trinajstić information content (AvgIpc) is 2.32. The highest BCUT2D eigenvalue weighted by molar-refractivity contribution is 5.42. The van der Waals surface area contributed by atoms with Gasteiger partial charge in [-0.1, -0.05) is 0 Å². The highest BCUT2D eigenvalue weighted by Crippen LogP contribution is 2.36. The van der Waals surface area contributed by atoms with Crippen molar-refractivity contribution < 1.29 is 14.6 Å². The van der Waals surface area contributed by atoms with Crippen molar-refractivity contribution in [2.75, 3.05) is 0 Å². The van der Waals surface area contributed by atoms with Gasteiger partial charge in [-0.15, -0.1) is 0 Å². The predicted octanol–water partition coefficient (Wildman–Crippen LogP) is 0.715. The SMILES string of the molecule is Oc1cncc2c1C[C@@H](F)[C@H]2O. The van der Waals surface area contributed by atoms with Crippen molar-refractivity contribution in [2.24, 2.45) is 0 Å². The van der Waals surface area contributed by atoms with Crippen LogP contribution in [0.15, 0.2) is 12.4 Å². The summed E-state index contributed by atoms with van der Waals surface area (Å²) < 4.78 is 12.9. The normalized spacial score (nSPS) is 27.2. The fourth-order valence-electron chi connectivity index (χ4n) is 1.47. The van der Waals surface area contributed by atoms with Crippen molar-refractivity contribution in [3.05, 3.63) is 23.5 Å². The Labute approximate surface area is 68.5 Å². The second kappa shape index (κ2) is 2.42. The molecular weight excluding hydrogens is 161 g/mol. The molecule has 1 aliphatic carbocycles. The standard InChI is InChI=1S/C8H8FNO2/c9-6-1-4-5(8(6)12)2-10-3-7(4)11/h2-3,6,8,11-12H,1H2/t6-,8+/m1/s1. The lowest BCUT2D eigenvalue weighted by molar-refractivity contribution is 0.0924. The first-order chi connectivity index (χ1) is 5.70. The summed E-state index contributed by atoms with van der Waals surface area (Å²) in [5.74, 6) is -0.0355. The van der Waals surface area contributed by atoms with Crippen molar-refractivity contribution in [3.63, 3.8) is 0 Å². The van der Waals surface area contributed by atoms with Crippen molar-refractivity contribution in [1.29, 1.82) is 0 Å². The van der Waals surface area contributed by atoms with E-state index in [-0.39, 0.29) is 12.2 Å². The number of hydrogen-bond acceptors (Lipinski definition) is 3. The van der Waals surface area contributed by atoms with Gasteiger partial charge < -0.3 is 10.2 Å². The highest BCUT2D eigenvalue weighted by Gasteiger charge is 2.32. The van der Waals surface area contributed by atoms with Crippen LogP contribution >= 0.6 is 0 Å². The van der Waals surface area contributed by atoms with E-state index in [1.165, 1.54) is 12.4 Å². The lowest BCUT2D eigenvalue weighted by atomic mass is 10.1. The zero-order chi connectivity index (χ0) is 8.72. The Bertz CT molecular complexity index is 316. The Morgan fingerprint density at radius 2 is 2.25 bits per heavy atom. The molecule has 0 bridgehead atoms. The van der Waals surface area contributed by atoms with Gasteiger partial charge in [0.15, 0.2) is 0 Å². The average molecular weight is 169 g/mol. The van der Waals surface area contributed by atoms with Crippen LogP contribution in [-0.4, -0.2) is 21.4 Å². The molecule has 0 fully saturated rings. The molecule has 0 aliphatic heterocycles. The Balaban J connectivity index is 2.53. The molecule has 1 aromatic heterocycles. The maximum absolute atomic E-state index is 12.9. The van der Waals surface area contributed by atoms with E-state index in [4.69, 9.17) is 0 Å². The zero-order valence-corrected chi connectivity index (χ0v) is 6.24. The van der Waals surface area contributed by atoms with Crippen LogP contribution in [0, 0.1) is 0 Å². The molecule has 0 saturated heterocycles. The monoisotopic (exact) mass is 169 g/mol.